The lowest BCUT2D eigenvalue weighted by Crippen LogP contribution is -2.14. The van der Waals surface area contributed by atoms with Crippen molar-refractivity contribution in [1.29, 1.82) is 0 Å². The molecule has 1 heterocycles. The summed E-state index contributed by atoms with van der Waals surface area (Å²) in [5, 5.41) is 12.4. The molecule has 0 fully saturated rings. The van der Waals surface area contributed by atoms with E-state index in [9.17, 15) is 4.79 Å². The number of para-hydroxylation sites is 1. The van der Waals surface area contributed by atoms with Crippen LogP contribution in [-0.2, 0) is 4.79 Å². The number of nitrogens with one attached hydrogen (secondary N) is 1. The Morgan fingerprint density at radius 1 is 1.20 bits per heavy atom. The second kappa shape index (κ2) is 7.91. The quantitative estimate of drug-likeness (QED) is 0.643. The molecule has 0 saturated heterocycles. The molecule has 1 amide bonds. The van der Waals surface area contributed by atoms with Crippen LogP contribution >= 0.6 is 35.0 Å². The highest BCUT2D eigenvalue weighted by atomic mass is 35.5. The Morgan fingerprint density at radius 3 is 2.64 bits per heavy atom. The van der Waals surface area contributed by atoms with Crippen molar-refractivity contribution in [3.8, 4) is 5.69 Å². The molecule has 0 aliphatic heterocycles. The van der Waals surface area contributed by atoms with E-state index < -0.39 is 0 Å². The fraction of sp³-hybridized carbons (Fsp3) is 0.118. The molecule has 128 valence electrons. The zero-order valence-corrected chi connectivity index (χ0v) is 15.6. The number of nitrogens with zero attached hydrogens (tertiary/aromatic N) is 3. The number of amides is 1. The zero-order chi connectivity index (χ0) is 17.8. The Kier molecular flexibility index (Phi) is 5.63. The highest BCUT2D eigenvalue weighted by Crippen LogP contribution is 2.24. The van der Waals surface area contributed by atoms with Gasteiger partial charge in [-0.25, -0.2) is 0 Å². The third kappa shape index (κ3) is 4.54. The van der Waals surface area contributed by atoms with Gasteiger partial charge in [0, 0.05) is 15.7 Å². The van der Waals surface area contributed by atoms with Gasteiger partial charge in [0.2, 0.25) is 5.91 Å². The van der Waals surface area contributed by atoms with Crippen molar-refractivity contribution in [3.63, 3.8) is 0 Å². The minimum Gasteiger partial charge on any atom is -0.325 e. The number of carbonyl (C=O) groups is 1. The van der Waals surface area contributed by atoms with Crippen LogP contribution in [0.3, 0.4) is 0 Å². The van der Waals surface area contributed by atoms with Gasteiger partial charge in [-0.15, -0.1) is 10.2 Å². The average Bonchev–Trinajstić information content (AvgIpc) is 3.00. The van der Waals surface area contributed by atoms with Crippen LogP contribution < -0.4 is 5.32 Å². The van der Waals surface area contributed by atoms with Crippen LogP contribution in [0.5, 0.6) is 0 Å². The molecule has 0 aliphatic rings. The summed E-state index contributed by atoms with van der Waals surface area (Å²) in [6.45, 7) is 2.01. The lowest BCUT2D eigenvalue weighted by atomic mass is 10.2. The van der Waals surface area contributed by atoms with E-state index in [1.165, 1.54) is 11.8 Å². The first-order valence-electron chi connectivity index (χ1n) is 7.38. The second-order valence-electron chi connectivity index (χ2n) is 5.26. The van der Waals surface area contributed by atoms with Crippen molar-refractivity contribution < 1.29 is 4.79 Å². The number of benzene rings is 2. The van der Waals surface area contributed by atoms with Crippen molar-refractivity contribution in [2.24, 2.45) is 0 Å². The van der Waals surface area contributed by atoms with Crippen LogP contribution in [0.15, 0.2) is 53.9 Å². The number of anilines is 1. The lowest BCUT2D eigenvalue weighted by molar-refractivity contribution is -0.113. The molecule has 0 radical (unpaired) electrons. The van der Waals surface area contributed by atoms with Gasteiger partial charge < -0.3 is 5.32 Å². The van der Waals surface area contributed by atoms with Gasteiger partial charge in [0.25, 0.3) is 0 Å². The fourth-order valence-electron chi connectivity index (χ4n) is 2.27. The van der Waals surface area contributed by atoms with Crippen LogP contribution in [-0.4, -0.2) is 26.4 Å². The highest BCUT2D eigenvalue weighted by molar-refractivity contribution is 7.99. The van der Waals surface area contributed by atoms with Gasteiger partial charge in [0.1, 0.15) is 6.33 Å². The van der Waals surface area contributed by atoms with Crippen LogP contribution in [0.25, 0.3) is 5.69 Å². The molecule has 0 aliphatic carbocycles. The molecule has 25 heavy (non-hydrogen) atoms. The molecule has 2 aromatic carbocycles. The molecule has 1 N–H and O–H groups in total. The fourth-order valence-corrected chi connectivity index (χ4v) is 3.52. The van der Waals surface area contributed by atoms with E-state index in [4.69, 9.17) is 23.2 Å². The number of hydrogen-bond donors (Lipinski definition) is 1. The lowest BCUT2D eigenvalue weighted by Gasteiger charge is -2.09. The van der Waals surface area contributed by atoms with Gasteiger partial charge in [0.05, 0.1) is 11.4 Å². The van der Waals surface area contributed by atoms with Crippen LogP contribution in [0, 0.1) is 6.92 Å². The molecular weight excluding hydrogens is 379 g/mol. The SMILES string of the molecule is Cc1ccccc1-n1cnnc1SCC(=O)Nc1cc(Cl)cc(Cl)c1. The first kappa shape index (κ1) is 17.8. The summed E-state index contributed by atoms with van der Waals surface area (Å²) in [5.41, 5.74) is 2.64. The Balaban J connectivity index is 1.67. The van der Waals surface area contributed by atoms with Crippen LogP contribution in [0.2, 0.25) is 10.0 Å². The van der Waals surface area contributed by atoms with Gasteiger partial charge in [-0.1, -0.05) is 53.2 Å². The molecule has 0 saturated carbocycles. The van der Waals surface area contributed by atoms with Gasteiger partial charge >= 0.3 is 0 Å². The summed E-state index contributed by atoms with van der Waals surface area (Å²) in [5.74, 6) is 0.0111. The summed E-state index contributed by atoms with van der Waals surface area (Å²) in [6, 6.07) is 12.8. The Bertz CT molecular complexity index is 893. The van der Waals surface area contributed by atoms with E-state index in [-0.39, 0.29) is 11.7 Å². The smallest absolute Gasteiger partial charge is 0.234 e. The van der Waals surface area contributed by atoms with E-state index in [1.807, 2.05) is 35.8 Å². The number of rotatable bonds is 5. The third-order valence-electron chi connectivity index (χ3n) is 3.37. The minimum absolute atomic E-state index is 0.178. The highest BCUT2D eigenvalue weighted by Gasteiger charge is 2.12. The van der Waals surface area contributed by atoms with Crippen molar-refractivity contribution >= 4 is 46.6 Å². The monoisotopic (exact) mass is 392 g/mol. The van der Waals surface area contributed by atoms with E-state index in [0.717, 1.165) is 11.3 Å². The molecule has 0 bridgehead atoms. The summed E-state index contributed by atoms with van der Waals surface area (Å²) in [4.78, 5) is 12.2. The molecule has 0 unspecified atom stereocenters. The third-order valence-corrected chi connectivity index (χ3v) is 4.75. The van der Waals surface area contributed by atoms with E-state index in [0.29, 0.717) is 20.9 Å². The Morgan fingerprint density at radius 2 is 1.92 bits per heavy atom. The Labute approximate surface area is 159 Å². The van der Waals surface area contributed by atoms with E-state index >= 15 is 0 Å². The number of hydrogen-bond acceptors (Lipinski definition) is 4. The molecule has 0 spiro atoms. The predicted octanol–water partition coefficient (Wildman–Crippen LogP) is 4.61. The molecule has 8 heteroatoms. The first-order chi connectivity index (χ1) is 12.0. The van der Waals surface area contributed by atoms with Crippen molar-refractivity contribution in [2.45, 2.75) is 12.1 Å². The standard InChI is InChI=1S/C17H14Cl2N4OS/c1-11-4-2-3-5-15(11)23-10-20-22-17(23)25-9-16(24)21-14-7-12(18)6-13(19)8-14/h2-8,10H,9H2,1H3,(H,21,24). The van der Waals surface area contributed by atoms with Crippen LogP contribution in [0.4, 0.5) is 5.69 Å². The largest absolute Gasteiger partial charge is 0.325 e. The second-order valence-corrected chi connectivity index (χ2v) is 7.08. The summed E-state index contributed by atoms with van der Waals surface area (Å²) >= 11 is 13.2. The topological polar surface area (TPSA) is 59.8 Å². The average molecular weight is 393 g/mol. The normalized spacial score (nSPS) is 10.7. The molecule has 5 nitrogen and oxygen atoms in total. The van der Waals surface area contributed by atoms with Gasteiger partial charge in [0.15, 0.2) is 5.16 Å². The van der Waals surface area contributed by atoms with Crippen molar-refractivity contribution in [1.82, 2.24) is 14.8 Å². The summed E-state index contributed by atoms with van der Waals surface area (Å²) in [6.07, 6.45) is 1.64. The maximum Gasteiger partial charge on any atom is 0.234 e. The van der Waals surface area contributed by atoms with E-state index in [2.05, 4.69) is 15.5 Å². The predicted molar refractivity (Wildman–Crippen MR) is 102 cm³/mol. The molecule has 0 atom stereocenters. The van der Waals surface area contributed by atoms with Crippen molar-refractivity contribution in [2.75, 3.05) is 11.1 Å². The van der Waals surface area contributed by atoms with Gasteiger partial charge in [-0.3, -0.25) is 9.36 Å². The maximum atomic E-state index is 12.2. The van der Waals surface area contributed by atoms with Crippen LogP contribution in [0.1, 0.15) is 5.56 Å². The molecule has 3 aromatic rings. The zero-order valence-electron chi connectivity index (χ0n) is 13.2. The number of carbonyl (C=O) groups excluding carboxylic acids is 1. The van der Waals surface area contributed by atoms with Crippen molar-refractivity contribution in [3.05, 3.63) is 64.4 Å². The first-order valence-corrected chi connectivity index (χ1v) is 9.12. The van der Waals surface area contributed by atoms with Gasteiger partial charge in [-0.2, -0.15) is 0 Å². The summed E-state index contributed by atoms with van der Waals surface area (Å²) < 4.78 is 1.86. The minimum atomic E-state index is -0.178. The Hall–Kier alpha value is -2.02. The number of aromatic nitrogens is 3. The van der Waals surface area contributed by atoms with Gasteiger partial charge in [-0.05, 0) is 36.8 Å². The number of halogens is 2. The molecule has 1 aromatic heterocycles. The molecule has 3 rings (SSSR count). The number of aryl methyl sites for hydroxylation is 1. The molecular formula is C17H14Cl2N4OS. The number of thioether (sulfide) groups is 1. The summed E-state index contributed by atoms with van der Waals surface area (Å²) in [7, 11) is 0. The van der Waals surface area contributed by atoms with E-state index in [1.54, 1.807) is 24.5 Å². The maximum absolute atomic E-state index is 12.2.